The summed E-state index contributed by atoms with van der Waals surface area (Å²) in [6, 6.07) is 0. The largest absolute Gasteiger partial charge is 0.194 e. The molecule has 6 heavy (non-hydrogen) atoms. The highest BCUT2D eigenvalue weighted by atomic mass is 32.1. The second-order valence-electron chi connectivity index (χ2n) is 2.30. The second kappa shape index (κ2) is 1.78. The van der Waals surface area contributed by atoms with Gasteiger partial charge in [0.1, 0.15) is 0 Å². The molecule has 0 saturated heterocycles. The summed E-state index contributed by atoms with van der Waals surface area (Å²) < 4.78 is 0.292. The van der Waals surface area contributed by atoms with Gasteiger partial charge in [0.05, 0.1) is 0 Å². The molecule has 1 radical (unpaired) electrons. The molecule has 0 unspecified atom stereocenters. The lowest BCUT2D eigenvalue weighted by Crippen LogP contribution is -2.01. The van der Waals surface area contributed by atoms with E-state index in [9.17, 15) is 0 Å². The van der Waals surface area contributed by atoms with E-state index in [0.29, 0.717) is 4.75 Å². The van der Waals surface area contributed by atoms with E-state index in [4.69, 9.17) is 5.87 Å². The maximum absolute atomic E-state index is 5.28. The standard InChI is InChI=1S/C5H11S/c1-5(2,3)6-4/h4,6H,1-3H3. The van der Waals surface area contributed by atoms with E-state index in [-0.39, 0.29) is 0 Å². The molecule has 0 nitrogen and oxygen atoms in total. The average molecular weight is 103 g/mol. The Morgan fingerprint density at radius 3 is 1.50 bits per heavy atom. The van der Waals surface area contributed by atoms with Crippen molar-refractivity contribution in [1.82, 2.24) is 0 Å². The van der Waals surface area contributed by atoms with Gasteiger partial charge in [-0.1, -0.05) is 20.8 Å². The van der Waals surface area contributed by atoms with Gasteiger partial charge in [-0.3, -0.25) is 0 Å². The van der Waals surface area contributed by atoms with Crippen molar-refractivity contribution in [3.8, 4) is 0 Å². The molecule has 0 amide bonds. The number of hydrogen-bond acceptors (Lipinski definition) is 0. The minimum Gasteiger partial charge on any atom is -0.194 e. The van der Waals surface area contributed by atoms with Crippen LogP contribution in [0, 0.1) is 0 Å². The predicted octanol–water partition coefficient (Wildman–Crippen LogP) is 1.56. The molecule has 0 bridgehead atoms. The minimum absolute atomic E-state index is 0.292. The van der Waals surface area contributed by atoms with Crippen molar-refractivity contribution in [1.29, 1.82) is 0 Å². The van der Waals surface area contributed by atoms with Crippen molar-refractivity contribution in [3.05, 3.63) is 0 Å². The summed E-state index contributed by atoms with van der Waals surface area (Å²) in [5.41, 5.74) is 0. The fourth-order valence-corrected chi connectivity index (χ4v) is 0. The van der Waals surface area contributed by atoms with Crippen molar-refractivity contribution in [2.75, 3.05) is 0 Å². The van der Waals surface area contributed by atoms with E-state index in [1.165, 1.54) is 0 Å². The average Bonchev–Trinajstić information content (AvgIpc) is 1.35. The van der Waals surface area contributed by atoms with Crippen LogP contribution in [0.1, 0.15) is 20.8 Å². The summed E-state index contributed by atoms with van der Waals surface area (Å²) in [6.45, 7) is 6.32. The molecule has 0 aromatic heterocycles. The van der Waals surface area contributed by atoms with Crippen molar-refractivity contribution in [3.63, 3.8) is 0 Å². The van der Waals surface area contributed by atoms with Crippen LogP contribution < -0.4 is 0 Å². The van der Waals surface area contributed by atoms with E-state index in [1.807, 2.05) is 0 Å². The van der Waals surface area contributed by atoms with Gasteiger partial charge < -0.3 is 0 Å². The Morgan fingerprint density at radius 2 is 1.50 bits per heavy atom. The highest BCUT2D eigenvalue weighted by Gasteiger charge is 1.99. The fourth-order valence-electron chi connectivity index (χ4n) is 0. The first kappa shape index (κ1) is 6.22. The zero-order chi connectivity index (χ0) is 5.21. The van der Waals surface area contributed by atoms with Gasteiger partial charge in [-0.15, -0.1) is 0 Å². The van der Waals surface area contributed by atoms with Gasteiger partial charge in [0.2, 0.25) is 0 Å². The molecule has 0 spiro atoms. The van der Waals surface area contributed by atoms with Crippen LogP contribution in [-0.2, 0) is 0 Å². The fraction of sp³-hybridized carbons (Fsp3) is 0.800. The lowest BCUT2D eigenvalue weighted by Gasteiger charge is -2.08. The van der Waals surface area contributed by atoms with Crippen molar-refractivity contribution in [2.24, 2.45) is 0 Å². The first-order chi connectivity index (χ1) is 2.56. The van der Waals surface area contributed by atoms with Crippen LogP contribution in [0.4, 0.5) is 0 Å². The summed E-state index contributed by atoms with van der Waals surface area (Å²) in [5.74, 6) is 5.28. The molecule has 0 aliphatic heterocycles. The molecular formula is C5H11S. The quantitative estimate of drug-likeness (QED) is 0.349. The molecule has 0 atom stereocenters. The molecule has 0 N–H and O–H groups in total. The molecule has 1 heteroatoms. The Balaban J connectivity index is 3.45. The zero-order valence-electron chi connectivity index (χ0n) is 4.52. The third-order valence-electron chi connectivity index (χ3n) is 0.387. The lowest BCUT2D eigenvalue weighted by atomic mass is 10.3. The van der Waals surface area contributed by atoms with Gasteiger partial charge in [-0.05, 0) is 10.6 Å². The SMILES string of the molecule is [CH]=[SH]C(C)(C)C. The summed E-state index contributed by atoms with van der Waals surface area (Å²) >= 11 is 0.975. The Morgan fingerprint density at radius 1 is 1.33 bits per heavy atom. The van der Waals surface area contributed by atoms with Gasteiger partial charge in [0.25, 0.3) is 0 Å². The highest BCUT2D eigenvalue weighted by Crippen LogP contribution is 2.12. The van der Waals surface area contributed by atoms with Gasteiger partial charge >= 0.3 is 0 Å². The Bertz CT molecular complexity index is 49.4. The van der Waals surface area contributed by atoms with Crippen LogP contribution in [-0.4, -0.2) is 10.6 Å². The smallest absolute Gasteiger partial charge is 0.000200 e. The maximum Gasteiger partial charge on any atom is -0.000200 e. The van der Waals surface area contributed by atoms with Crippen molar-refractivity contribution < 1.29 is 0 Å². The topological polar surface area (TPSA) is 0 Å². The molecule has 0 fully saturated rings. The molecule has 0 aromatic carbocycles. The third kappa shape index (κ3) is 4.22. The van der Waals surface area contributed by atoms with Crippen LogP contribution in [0.5, 0.6) is 0 Å². The van der Waals surface area contributed by atoms with Gasteiger partial charge in [-0.2, -0.15) is 11.4 Å². The molecule has 0 rings (SSSR count). The van der Waals surface area contributed by atoms with Gasteiger partial charge in [0, 0.05) is 0 Å². The highest BCUT2D eigenvalue weighted by molar-refractivity contribution is 7.97. The number of thiol groups is 1. The lowest BCUT2D eigenvalue weighted by molar-refractivity contribution is 0.811. The predicted molar refractivity (Wildman–Crippen MR) is 34.8 cm³/mol. The Hall–Kier alpha value is 0.220. The van der Waals surface area contributed by atoms with Crippen LogP contribution in [0.2, 0.25) is 0 Å². The first-order valence-electron chi connectivity index (χ1n) is 1.98. The van der Waals surface area contributed by atoms with E-state index in [2.05, 4.69) is 20.8 Å². The Labute approximate surface area is 43.5 Å². The number of rotatable bonds is 0. The molecule has 0 aromatic rings. The van der Waals surface area contributed by atoms with E-state index >= 15 is 0 Å². The van der Waals surface area contributed by atoms with E-state index in [1.54, 1.807) is 0 Å². The third-order valence-corrected chi connectivity index (χ3v) is 1.16. The van der Waals surface area contributed by atoms with Crippen molar-refractivity contribution in [2.45, 2.75) is 25.5 Å². The molecule has 0 aliphatic rings. The van der Waals surface area contributed by atoms with E-state index in [0.717, 1.165) is 11.4 Å². The minimum atomic E-state index is 0.292. The van der Waals surface area contributed by atoms with Crippen LogP contribution >= 0.6 is 11.4 Å². The summed E-state index contributed by atoms with van der Waals surface area (Å²) in [5, 5.41) is 0. The second-order valence-corrected chi connectivity index (χ2v) is 3.90. The summed E-state index contributed by atoms with van der Waals surface area (Å²) in [7, 11) is 0. The van der Waals surface area contributed by atoms with Crippen LogP contribution in [0.15, 0.2) is 0 Å². The molecule has 37 valence electrons. The normalized spacial score (nSPS) is 11.8. The molecule has 0 aliphatic carbocycles. The maximum atomic E-state index is 5.28. The Kier molecular flexibility index (Phi) is 1.85. The molecular weight excluding hydrogens is 92.1 g/mol. The van der Waals surface area contributed by atoms with Crippen LogP contribution in [0.3, 0.4) is 0 Å². The number of hydrogen-bond donors (Lipinski definition) is 1. The van der Waals surface area contributed by atoms with Gasteiger partial charge in [-0.25, -0.2) is 0 Å². The first-order valence-corrected chi connectivity index (χ1v) is 2.95. The molecule has 0 saturated carbocycles. The zero-order valence-corrected chi connectivity index (χ0v) is 5.42. The van der Waals surface area contributed by atoms with Gasteiger partial charge in [0.15, 0.2) is 0 Å². The van der Waals surface area contributed by atoms with Crippen molar-refractivity contribution >= 4 is 17.2 Å². The summed E-state index contributed by atoms with van der Waals surface area (Å²) in [4.78, 5) is 0. The summed E-state index contributed by atoms with van der Waals surface area (Å²) in [6.07, 6.45) is 0. The van der Waals surface area contributed by atoms with E-state index < -0.39 is 0 Å². The monoisotopic (exact) mass is 103 g/mol. The molecule has 0 heterocycles. The van der Waals surface area contributed by atoms with Crippen LogP contribution in [0.25, 0.3) is 0 Å².